The molecule has 5 nitrogen and oxygen atoms in total. The fourth-order valence-electron chi connectivity index (χ4n) is 3.66. The number of ether oxygens (including phenoxy) is 2. The van der Waals surface area contributed by atoms with Gasteiger partial charge in [-0.3, -0.25) is 0 Å². The number of carbonyl (C=O) groups excluding carboxylic acids is 1. The largest absolute Gasteiger partial charge is 0.465 e. The van der Waals surface area contributed by atoms with Crippen LogP contribution in [0.3, 0.4) is 0 Å². The molecule has 1 saturated heterocycles. The maximum Gasteiger partial charge on any atom is 0.337 e. The van der Waals surface area contributed by atoms with Crippen molar-refractivity contribution in [3.8, 4) is 22.6 Å². The molecule has 3 aromatic rings. The Bertz CT molecular complexity index is 998. The zero-order valence-electron chi connectivity index (χ0n) is 17.1. The SMILES string of the molecule is COC(=O)c1cccc(Oc2cc(-c3ccccc3)ccc2NC[C@@H]2CCCN2)c1. The Morgan fingerprint density at radius 3 is 2.67 bits per heavy atom. The molecule has 5 heteroatoms. The third-order valence-corrected chi connectivity index (χ3v) is 5.27. The van der Waals surface area contributed by atoms with Crippen LogP contribution in [0.2, 0.25) is 0 Å². The van der Waals surface area contributed by atoms with Crippen LogP contribution in [0.4, 0.5) is 5.69 Å². The molecule has 0 unspecified atom stereocenters. The topological polar surface area (TPSA) is 59.6 Å². The normalized spacial score (nSPS) is 15.6. The highest BCUT2D eigenvalue weighted by Crippen LogP contribution is 2.34. The molecule has 0 aromatic heterocycles. The molecule has 1 atom stereocenters. The first kappa shape index (κ1) is 20.0. The number of hydrogen-bond acceptors (Lipinski definition) is 5. The van der Waals surface area contributed by atoms with E-state index in [0.29, 0.717) is 17.4 Å². The zero-order chi connectivity index (χ0) is 20.8. The maximum absolute atomic E-state index is 11.9. The van der Waals surface area contributed by atoms with Gasteiger partial charge in [0.15, 0.2) is 5.75 Å². The summed E-state index contributed by atoms with van der Waals surface area (Å²) >= 11 is 0. The Labute approximate surface area is 177 Å². The van der Waals surface area contributed by atoms with Crippen LogP contribution in [0.15, 0.2) is 72.8 Å². The minimum Gasteiger partial charge on any atom is -0.465 e. The molecule has 0 saturated carbocycles. The number of anilines is 1. The van der Waals surface area contributed by atoms with Gasteiger partial charge in [0, 0.05) is 12.6 Å². The zero-order valence-corrected chi connectivity index (χ0v) is 17.1. The van der Waals surface area contributed by atoms with Crippen molar-refractivity contribution in [3.63, 3.8) is 0 Å². The predicted molar refractivity (Wildman–Crippen MR) is 119 cm³/mol. The summed E-state index contributed by atoms with van der Waals surface area (Å²) in [6, 6.07) is 23.9. The first-order chi connectivity index (χ1) is 14.7. The highest BCUT2D eigenvalue weighted by molar-refractivity contribution is 5.89. The molecular weight excluding hydrogens is 376 g/mol. The van der Waals surface area contributed by atoms with Crippen LogP contribution in [0.5, 0.6) is 11.5 Å². The molecule has 3 aromatic carbocycles. The number of esters is 1. The third kappa shape index (κ3) is 4.81. The molecule has 0 amide bonds. The molecule has 1 heterocycles. The van der Waals surface area contributed by atoms with E-state index in [2.05, 4.69) is 34.9 Å². The van der Waals surface area contributed by atoms with Gasteiger partial charge < -0.3 is 20.1 Å². The van der Waals surface area contributed by atoms with Gasteiger partial charge in [0.05, 0.1) is 18.4 Å². The van der Waals surface area contributed by atoms with Gasteiger partial charge in [-0.05, 0) is 60.8 Å². The van der Waals surface area contributed by atoms with E-state index in [4.69, 9.17) is 9.47 Å². The monoisotopic (exact) mass is 402 g/mol. The summed E-state index contributed by atoms with van der Waals surface area (Å²) in [6.45, 7) is 1.91. The predicted octanol–water partition coefficient (Wildman–Crippen LogP) is 5.10. The Hall–Kier alpha value is -3.31. The highest BCUT2D eigenvalue weighted by atomic mass is 16.5. The third-order valence-electron chi connectivity index (χ3n) is 5.27. The van der Waals surface area contributed by atoms with E-state index >= 15 is 0 Å². The number of methoxy groups -OCH3 is 1. The Morgan fingerprint density at radius 2 is 1.90 bits per heavy atom. The van der Waals surface area contributed by atoms with E-state index in [1.54, 1.807) is 18.2 Å². The van der Waals surface area contributed by atoms with Crippen LogP contribution in [0.25, 0.3) is 11.1 Å². The number of benzene rings is 3. The number of rotatable bonds is 7. The molecule has 2 N–H and O–H groups in total. The molecule has 30 heavy (non-hydrogen) atoms. The van der Waals surface area contributed by atoms with Gasteiger partial charge in [0.25, 0.3) is 0 Å². The standard InChI is InChI=1S/C25H26N2O3/c1-29-25(28)20-9-5-11-22(15-20)30-24-16-19(18-7-3-2-4-8-18)12-13-23(24)27-17-21-10-6-14-26-21/h2-5,7-9,11-13,15-16,21,26-27H,6,10,14,17H2,1H3/t21-/m0/s1. The lowest BCUT2D eigenvalue weighted by Gasteiger charge is -2.17. The van der Waals surface area contributed by atoms with Crippen molar-refractivity contribution in [1.82, 2.24) is 5.32 Å². The molecule has 154 valence electrons. The number of hydrogen-bond donors (Lipinski definition) is 2. The minimum absolute atomic E-state index is 0.385. The number of nitrogens with one attached hydrogen (secondary N) is 2. The van der Waals surface area contributed by atoms with E-state index in [9.17, 15) is 4.79 Å². The number of carbonyl (C=O) groups is 1. The van der Waals surface area contributed by atoms with Crippen LogP contribution in [-0.4, -0.2) is 32.2 Å². The lowest BCUT2D eigenvalue weighted by atomic mass is 10.0. The second-order valence-electron chi connectivity index (χ2n) is 7.37. The summed E-state index contributed by atoms with van der Waals surface area (Å²) in [4.78, 5) is 11.9. The van der Waals surface area contributed by atoms with Crippen LogP contribution >= 0.6 is 0 Å². The van der Waals surface area contributed by atoms with E-state index in [0.717, 1.165) is 35.7 Å². The summed E-state index contributed by atoms with van der Waals surface area (Å²) in [6.07, 6.45) is 2.38. The average Bonchev–Trinajstić information content (AvgIpc) is 3.32. The van der Waals surface area contributed by atoms with Crippen molar-refractivity contribution in [3.05, 3.63) is 78.4 Å². The summed E-state index contributed by atoms with van der Waals surface area (Å²) in [5.74, 6) is 0.922. The lowest BCUT2D eigenvalue weighted by Crippen LogP contribution is -2.29. The van der Waals surface area contributed by atoms with Crippen LogP contribution in [0, 0.1) is 0 Å². The Balaban J connectivity index is 1.62. The molecule has 0 radical (unpaired) electrons. The van der Waals surface area contributed by atoms with Crippen LogP contribution in [-0.2, 0) is 4.74 Å². The first-order valence-corrected chi connectivity index (χ1v) is 10.3. The van der Waals surface area contributed by atoms with Crippen molar-refractivity contribution in [2.75, 3.05) is 25.5 Å². The molecular formula is C25H26N2O3. The second-order valence-corrected chi connectivity index (χ2v) is 7.37. The van der Waals surface area contributed by atoms with Crippen LogP contribution < -0.4 is 15.4 Å². The molecule has 1 aliphatic rings. The van der Waals surface area contributed by atoms with Gasteiger partial charge in [-0.2, -0.15) is 0 Å². The summed E-state index contributed by atoms with van der Waals surface area (Å²) < 4.78 is 11.1. The Morgan fingerprint density at radius 1 is 1.03 bits per heavy atom. The van der Waals surface area contributed by atoms with E-state index in [1.165, 1.54) is 20.0 Å². The molecule has 1 aliphatic heterocycles. The van der Waals surface area contributed by atoms with Crippen molar-refractivity contribution >= 4 is 11.7 Å². The second kappa shape index (κ2) is 9.46. The van der Waals surface area contributed by atoms with Gasteiger partial charge in [0.2, 0.25) is 0 Å². The lowest BCUT2D eigenvalue weighted by molar-refractivity contribution is 0.0600. The molecule has 0 bridgehead atoms. The van der Waals surface area contributed by atoms with Crippen molar-refractivity contribution in [1.29, 1.82) is 0 Å². The van der Waals surface area contributed by atoms with Gasteiger partial charge in [-0.15, -0.1) is 0 Å². The summed E-state index contributed by atoms with van der Waals surface area (Å²) in [5, 5.41) is 7.03. The van der Waals surface area contributed by atoms with Gasteiger partial charge >= 0.3 is 5.97 Å². The maximum atomic E-state index is 11.9. The molecule has 1 fully saturated rings. The van der Waals surface area contributed by atoms with Crippen molar-refractivity contribution < 1.29 is 14.3 Å². The minimum atomic E-state index is -0.385. The van der Waals surface area contributed by atoms with Gasteiger partial charge in [-0.1, -0.05) is 42.5 Å². The molecule has 0 spiro atoms. The van der Waals surface area contributed by atoms with Gasteiger partial charge in [-0.25, -0.2) is 4.79 Å². The summed E-state index contributed by atoms with van der Waals surface area (Å²) in [5.41, 5.74) is 3.57. The van der Waals surface area contributed by atoms with Crippen LogP contribution in [0.1, 0.15) is 23.2 Å². The van der Waals surface area contributed by atoms with E-state index < -0.39 is 0 Å². The van der Waals surface area contributed by atoms with E-state index in [-0.39, 0.29) is 5.97 Å². The van der Waals surface area contributed by atoms with Gasteiger partial charge in [0.1, 0.15) is 5.75 Å². The fraction of sp³-hybridized carbons (Fsp3) is 0.240. The quantitative estimate of drug-likeness (QED) is 0.539. The molecule has 4 rings (SSSR count). The molecule has 0 aliphatic carbocycles. The highest BCUT2D eigenvalue weighted by Gasteiger charge is 2.15. The first-order valence-electron chi connectivity index (χ1n) is 10.3. The Kier molecular flexibility index (Phi) is 6.30. The van der Waals surface area contributed by atoms with Crippen molar-refractivity contribution in [2.45, 2.75) is 18.9 Å². The van der Waals surface area contributed by atoms with E-state index in [1.807, 2.05) is 30.3 Å². The fourth-order valence-corrected chi connectivity index (χ4v) is 3.66. The smallest absolute Gasteiger partial charge is 0.337 e. The van der Waals surface area contributed by atoms with Crippen molar-refractivity contribution in [2.24, 2.45) is 0 Å². The average molecular weight is 402 g/mol. The summed E-state index contributed by atoms with van der Waals surface area (Å²) in [7, 11) is 1.37.